The minimum Gasteiger partial charge on any atom is -0.393 e. The predicted octanol–water partition coefficient (Wildman–Crippen LogP) is 1.93. The van der Waals surface area contributed by atoms with Crippen molar-refractivity contribution in [1.29, 1.82) is 0 Å². The summed E-state index contributed by atoms with van der Waals surface area (Å²) in [6, 6.07) is 10.0. The maximum atomic E-state index is 12.5. The quantitative estimate of drug-likeness (QED) is 0.497. The van der Waals surface area contributed by atoms with Crippen molar-refractivity contribution in [2.45, 2.75) is 36.9 Å². The number of nitrogens with two attached hydrogens (primary N) is 1. The molecule has 2 aromatic carbocycles. The number of hydrogen-bond acceptors (Lipinski definition) is 6. The van der Waals surface area contributed by atoms with Crippen molar-refractivity contribution in [3.05, 3.63) is 53.2 Å². The van der Waals surface area contributed by atoms with E-state index >= 15 is 0 Å². The van der Waals surface area contributed by atoms with Crippen LogP contribution in [0.2, 0.25) is 5.02 Å². The molecule has 1 amide bonds. The Balaban J connectivity index is 1.59. The highest BCUT2D eigenvalue weighted by atomic mass is 35.5. The molecule has 1 aliphatic rings. The molecule has 1 fully saturated rings. The van der Waals surface area contributed by atoms with Gasteiger partial charge in [0.2, 0.25) is 15.9 Å². The number of aliphatic hydroxyl groups excluding tert-OH is 1. The zero-order chi connectivity index (χ0) is 22.9. The number of carbonyl (C=O) groups excluding carboxylic acids is 1. The summed E-state index contributed by atoms with van der Waals surface area (Å²) in [4.78, 5) is 14.5. The summed E-state index contributed by atoms with van der Waals surface area (Å²) in [7, 11) is -4.08. The van der Waals surface area contributed by atoms with E-state index in [1.54, 1.807) is 41.2 Å². The summed E-state index contributed by atoms with van der Waals surface area (Å²) >= 11 is 6.12. The van der Waals surface area contributed by atoms with Crippen LogP contribution in [0, 0.1) is 0 Å². The maximum Gasteiger partial charge on any atom is 0.240 e. The molecule has 0 unspecified atom stereocenters. The number of hydrogen-bond donors (Lipinski definition) is 3. The lowest BCUT2D eigenvalue weighted by atomic mass is 10.1. The number of halogens is 1. The van der Waals surface area contributed by atoms with Crippen LogP contribution in [0.1, 0.15) is 18.4 Å². The molecule has 9 nitrogen and oxygen atoms in total. The highest BCUT2D eigenvalue weighted by Crippen LogP contribution is 2.27. The summed E-state index contributed by atoms with van der Waals surface area (Å²) < 4.78 is 26.1. The van der Waals surface area contributed by atoms with Crippen molar-refractivity contribution in [3.8, 4) is 0 Å². The van der Waals surface area contributed by atoms with Gasteiger partial charge in [0.25, 0.3) is 0 Å². The standard InChI is InChI=1S/C21H24ClN5O4S/c22-18-4-2-1-3-14(18)10-20(29)24-16-9-15-12-27(13-26-7-5-17(28)6-8-26)25-21(15)19(11-16)32(23,30)31/h1-4,9,11-12,17,28H,5-8,10,13H2,(H,24,29)(H2,23,30,31). The first kappa shape index (κ1) is 22.7. The van der Waals surface area contributed by atoms with Crippen molar-refractivity contribution in [2.24, 2.45) is 5.14 Å². The number of anilines is 1. The van der Waals surface area contributed by atoms with Gasteiger partial charge in [-0.2, -0.15) is 5.10 Å². The van der Waals surface area contributed by atoms with Gasteiger partial charge >= 0.3 is 0 Å². The van der Waals surface area contributed by atoms with Crippen LogP contribution in [0.3, 0.4) is 0 Å². The molecule has 3 aromatic rings. The summed E-state index contributed by atoms with van der Waals surface area (Å²) in [5, 5.41) is 23.3. The third-order valence-electron chi connectivity index (χ3n) is 5.42. The number of primary sulfonamides is 1. The molecule has 1 aromatic heterocycles. The van der Waals surface area contributed by atoms with E-state index in [-0.39, 0.29) is 28.8 Å². The molecule has 2 heterocycles. The second-order valence-electron chi connectivity index (χ2n) is 7.93. The normalized spacial score (nSPS) is 15.8. The van der Waals surface area contributed by atoms with Gasteiger partial charge in [-0.25, -0.2) is 13.6 Å². The average Bonchev–Trinajstić information content (AvgIpc) is 3.12. The topological polar surface area (TPSA) is 131 Å². The van der Waals surface area contributed by atoms with Crippen LogP contribution in [-0.4, -0.2) is 53.3 Å². The van der Waals surface area contributed by atoms with Gasteiger partial charge in [0, 0.05) is 35.4 Å². The van der Waals surface area contributed by atoms with Gasteiger partial charge in [-0.05, 0) is 36.6 Å². The number of nitrogens with zero attached hydrogens (tertiary/aromatic N) is 3. The first-order chi connectivity index (χ1) is 15.2. The number of piperidine rings is 1. The predicted molar refractivity (Wildman–Crippen MR) is 122 cm³/mol. The molecule has 4 N–H and O–H groups in total. The van der Waals surface area contributed by atoms with Crippen LogP contribution in [-0.2, 0) is 27.9 Å². The number of rotatable bonds is 6. The van der Waals surface area contributed by atoms with Crippen LogP contribution in [0.15, 0.2) is 47.5 Å². The third kappa shape index (κ3) is 5.28. The number of nitrogens with one attached hydrogen (secondary N) is 1. The molecule has 32 heavy (non-hydrogen) atoms. The van der Waals surface area contributed by atoms with Gasteiger partial charge in [-0.3, -0.25) is 14.4 Å². The lowest BCUT2D eigenvalue weighted by molar-refractivity contribution is -0.115. The molecule has 1 aliphatic heterocycles. The van der Waals surface area contributed by atoms with Gasteiger partial charge in [0.05, 0.1) is 19.2 Å². The Labute approximate surface area is 190 Å². The number of likely N-dealkylation sites (tertiary alicyclic amines) is 1. The largest absolute Gasteiger partial charge is 0.393 e. The van der Waals surface area contributed by atoms with Crippen LogP contribution in [0.25, 0.3) is 10.9 Å². The number of benzene rings is 2. The number of aromatic nitrogens is 2. The molecular formula is C21H24ClN5O4S. The van der Waals surface area contributed by atoms with Gasteiger partial charge in [-0.1, -0.05) is 29.8 Å². The van der Waals surface area contributed by atoms with E-state index in [2.05, 4.69) is 15.3 Å². The van der Waals surface area contributed by atoms with Gasteiger partial charge in [0.1, 0.15) is 10.4 Å². The van der Waals surface area contributed by atoms with Crippen LogP contribution in [0.4, 0.5) is 5.69 Å². The van der Waals surface area contributed by atoms with E-state index in [0.717, 1.165) is 13.1 Å². The maximum absolute atomic E-state index is 12.5. The van der Waals surface area contributed by atoms with Crippen LogP contribution in [0.5, 0.6) is 0 Å². The first-order valence-corrected chi connectivity index (χ1v) is 12.1. The average molecular weight is 478 g/mol. The fourth-order valence-corrected chi connectivity index (χ4v) is 4.72. The highest BCUT2D eigenvalue weighted by molar-refractivity contribution is 7.89. The lowest BCUT2D eigenvalue weighted by Crippen LogP contribution is -2.37. The number of carbonyl (C=O) groups is 1. The Morgan fingerprint density at radius 3 is 2.66 bits per heavy atom. The monoisotopic (exact) mass is 477 g/mol. The summed E-state index contributed by atoms with van der Waals surface area (Å²) in [5.41, 5.74) is 1.21. The van der Waals surface area contributed by atoms with Crippen molar-refractivity contribution < 1.29 is 18.3 Å². The molecule has 170 valence electrons. The van der Waals surface area contributed by atoms with Gasteiger partial charge in [-0.15, -0.1) is 0 Å². The first-order valence-electron chi connectivity index (χ1n) is 10.2. The second-order valence-corrected chi connectivity index (χ2v) is 9.87. The molecule has 0 radical (unpaired) electrons. The third-order valence-corrected chi connectivity index (χ3v) is 6.72. The zero-order valence-electron chi connectivity index (χ0n) is 17.2. The van der Waals surface area contributed by atoms with Crippen molar-refractivity contribution in [1.82, 2.24) is 14.7 Å². The molecule has 1 saturated heterocycles. The van der Waals surface area contributed by atoms with E-state index in [1.165, 1.54) is 6.07 Å². The number of sulfonamides is 1. The van der Waals surface area contributed by atoms with Crippen molar-refractivity contribution >= 4 is 44.1 Å². The Morgan fingerprint density at radius 2 is 1.97 bits per heavy atom. The minimum absolute atomic E-state index is 0.0441. The summed E-state index contributed by atoms with van der Waals surface area (Å²) in [5.74, 6) is -0.336. The van der Waals surface area contributed by atoms with Crippen molar-refractivity contribution in [2.75, 3.05) is 18.4 Å². The number of fused-ring (bicyclic) bond motifs is 1. The summed E-state index contributed by atoms with van der Waals surface area (Å²) in [6.45, 7) is 1.91. The fourth-order valence-electron chi connectivity index (χ4n) is 3.80. The Bertz CT molecular complexity index is 1250. The van der Waals surface area contributed by atoms with E-state index in [4.69, 9.17) is 16.7 Å². The smallest absolute Gasteiger partial charge is 0.240 e. The molecular weight excluding hydrogens is 454 g/mol. The Hall–Kier alpha value is -2.50. The van der Waals surface area contributed by atoms with E-state index < -0.39 is 10.0 Å². The highest BCUT2D eigenvalue weighted by Gasteiger charge is 2.21. The van der Waals surface area contributed by atoms with Gasteiger partial charge < -0.3 is 10.4 Å². The fraction of sp³-hybridized carbons (Fsp3) is 0.333. The Kier molecular flexibility index (Phi) is 6.50. The minimum atomic E-state index is -4.08. The lowest BCUT2D eigenvalue weighted by Gasteiger charge is -2.29. The SMILES string of the molecule is NS(=O)(=O)c1cc(NC(=O)Cc2ccccc2Cl)cc2cn(CN3CCC(O)CC3)nc12. The van der Waals surface area contributed by atoms with Crippen LogP contribution < -0.4 is 10.5 Å². The molecule has 0 aliphatic carbocycles. The van der Waals surface area contributed by atoms with Crippen LogP contribution >= 0.6 is 11.6 Å². The van der Waals surface area contributed by atoms with Gasteiger partial charge in [0.15, 0.2) is 0 Å². The van der Waals surface area contributed by atoms with E-state index in [0.29, 0.717) is 41.2 Å². The van der Waals surface area contributed by atoms with Crippen molar-refractivity contribution in [3.63, 3.8) is 0 Å². The molecule has 11 heteroatoms. The number of amides is 1. The number of aliphatic hydroxyl groups is 1. The Morgan fingerprint density at radius 1 is 1.25 bits per heavy atom. The molecule has 0 saturated carbocycles. The second kappa shape index (κ2) is 9.16. The zero-order valence-corrected chi connectivity index (χ0v) is 18.8. The summed E-state index contributed by atoms with van der Waals surface area (Å²) in [6.07, 6.45) is 2.85. The molecule has 4 rings (SSSR count). The molecule has 0 bridgehead atoms. The van der Waals surface area contributed by atoms with E-state index in [9.17, 15) is 18.3 Å². The molecule has 0 spiro atoms. The van der Waals surface area contributed by atoms with E-state index in [1.807, 2.05) is 0 Å². The molecule has 0 atom stereocenters.